The second kappa shape index (κ2) is 5.67. The molecule has 96 valence electrons. The SMILES string of the molecule is CC(C)c1cccc(-c2ccc(CC#N)cc2F)c1. The molecule has 0 spiro atoms. The van der Waals surface area contributed by atoms with E-state index >= 15 is 0 Å². The third-order valence-corrected chi connectivity index (χ3v) is 3.18. The van der Waals surface area contributed by atoms with Crippen molar-refractivity contribution in [2.24, 2.45) is 0 Å². The molecule has 0 amide bonds. The van der Waals surface area contributed by atoms with E-state index in [2.05, 4.69) is 19.9 Å². The molecule has 0 heterocycles. The molecule has 0 radical (unpaired) electrons. The standard InChI is InChI=1S/C17H16FN/c1-12(2)14-4-3-5-15(11-14)16-7-6-13(8-9-19)10-17(16)18/h3-7,10-12H,8H2,1-2H3. The van der Waals surface area contributed by atoms with Gasteiger partial charge in [-0.15, -0.1) is 0 Å². The Bertz CT molecular complexity index is 623. The van der Waals surface area contributed by atoms with Crippen molar-refractivity contribution in [1.82, 2.24) is 0 Å². The lowest BCUT2D eigenvalue weighted by Crippen LogP contribution is -1.91. The summed E-state index contributed by atoms with van der Waals surface area (Å²) in [6, 6.07) is 15.0. The molecule has 0 bridgehead atoms. The topological polar surface area (TPSA) is 23.8 Å². The molecule has 0 fully saturated rings. The molecule has 0 atom stereocenters. The van der Waals surface area contributed by atoms with Crippen molar-refractivity contribution < 1.29 is 4.39 Å². The second-order valence-corrected chi connectivity index (χ2v) is 4.93. The van der Waals surface area contributed by atoms with Gasteiger partial charge in [0.05, 0.1) is 12.5 Å². The molecule has 0 aliphatic heterocycles. The van der Waals surface area contributed by atoms with Crippen molar-refractivity contribution >= 4 is 0 Å². The molecule has 0 unspecified atom stereocenters. The van der Waals surface area contributed by atoms with Crippen LogP contribution in [0.4, 0.5) is 4.39 Å². The van der Waals surface area contributed by atoms with E-state index in [1.807, 2.05) is 30.3 Å². The van der Waals surface area contributed by atoms with Gasteiger partial charge in [0.2, 0.25) is 0 Å². The summed E-state index contributed by atoms with van der Waals surface area (Å²) in [5.74, 6) is 0.148. The van der Waals surface area contributed by atoms with Crippen LogP contribution in [0.15, 0.2) is 42.5 Å². The molecule has 2 aromatic carbocycles. The first-order valence-corrected chi connectivity index (χ1v) is 6.37. The van der Waals surface area contributed by atoms with Gasteiger partial charge in [-0.1, -0.05) is 50.2 Å². The minimum atomic E-state index is -0.270. The molecule has 2 aromatic rings. The smallest absolute Gasteiger partial charge is 0.131 e. The van der Waals surface area contributed by atoms with Crippen molar-refractivity contribution in [3.63, 3.8) is 0 Å². The van der Waals surface area contributed by atoms with Crippen LogP contribution < -0.4 is 0 Å². The van der Waals surface area contributed by atoms with Crippen LogP contribution >= 0.6 is 0 Å². The molecule has 0 N–H and O–H groups in total. The van der Waals surface area contributed by atoms with Gasteiger partial charge in [0.25, 0.3) is 0 Å². The number of rotatable bonds is 3. The van der Waals surface area contributed by atoms with Gasteiger partial charge in [0, 0.05) is 5.56 Å². The van der Waals surface area contributed by atoms with Gasteiger partial charge in [0.15, 0.2) is 0 Å². The Kier molecular flexibility index (Phi) is 3.97. The molecule has 19 heavy (non-hydrogen) atoms. The minimum Gasteiger partial charge on any atom is -0.206 e. The molecule has 0 aromatic heterocycles. The van der Waals surface area contributed by atoms with E-state index < -0.39 is 0 Å². The van der Waals surface area contributed by atoms with Gasteiger partial charge >= 0.3 is 0 Å². The van der Waals surface area contributed by atoms with E-state index in [1.165, 1.54) is 11.6 Å². The summed E-state index contributed by atoms with van der Waals surface area (Å²) >= 11 is 0. The third kappa shape index (κ3) is 3.00. The number of hydrogen-bond donors (Lipinski definition) is 0. The average Bonchev–Trinajstić information content (AvgIpc) is 2.39. The van der Waals surface area contributed by atoms with E-state index in [-0.39, 0.29) is 12.2 Å². The highest BCUT2D eigenvalue weighted by molar-refractivity contribution is 5.65. The molecule has 0 saturated carbocycles. The van der Waals surface area contributed by atoms with Crippen LogP contribution in [0.5, 0.6) is 0 Å². The van der Waals surface area contributed by atoms with Gasteiger partial charge in [-0.05, 0) is 28.7 Å². The largest absolute Gasteiger partial charge is 0.206 e. The minimum absolute atomic E-state index is 0.239. The predicted molar refractivity (Wildman–Crippen MR) is 75.2 cm³/mol. The normalized spacial score (nSPS) is 10.5. The van der Waals surface area contributed by atoms with Crippen molar-refractivity contribution in [3.05, 3.63) is 59.4 Å². The van der Waals surface area contributed by atoms with E-state index in [0.717, 1.165) is 5.56 Å². The Morgan fingerprint density at radius 3 is 2.58 bits per heavy atom. The van der Waals surface area contributed by atoms with Crippen LogP contribution in [0, 0.1) is 17.1 Å². The number of nitriles is 1. The summed E-state index contributed by atoms with van der Waals surface area (Å²) in [4.78, 5) is 0. The Balaban J connectivity index is 2.42. The van der Waals surface area contributed by atoms with Crippen LogP contribution in [0.1, 0.15) is 30.9 Å². The molecule has 0 saturated heterocycles. The first-order valence-electron chi connectivity index (χ1n) is 6.37. The average molecular weight is 253 g/mol. The monoisotopic (exact) mass is 253 g/mol. The highest BCUT2D eigenvalue weighted by Crippen LogP contribution is 2.26. The number of benzene rings is 2. The van der Waals surface area contributed by atoms with Crippen LogP contribution in [0.2, 0.25) is 0 Å². The quantitative estimate of drug-likeness (QED) is 0.779. The number of halogens is 1. The molecule has 2 rings (SSSR count). The fraction of sp³-hybridized carbons (Fsp3) is 0.235. The lowest BCUT2D eigenvalue weighted by molar-refractivity contribution is 0.629. The molecule has 2 heteroatoms. The second-order valence-electron chi connectivity index (χ2n) is 4.93. The van der Waals surface area contributed by atoms with Gasteiger partial charge < -0.3 is 0 Å². The summed E-state index contributed by atoms with van der Waals surface area (Å²) in [6.07, 6.45) is 0.239. The highest BCUT2D eigenvalue weighted by Gasteiger charge is 2.08. The number of hydrogen-bond acceptors (Lipinski definition) is 1. The maximum Gasteiger partial charge on any atom is 0.131 e. The first kappa shape index (κ1) is 13.3. The van der Waals surface area contributed by atoms with Crippen molar-refractivity contribution in [3.8, 4) is 17.2 Å². The Morgan fingerprint density at radius 2 is 1.95 bits per heavy atom. The summed E-state index contributed by atoms with van der Waals surface area (Å²) in [7, 11) is 0. The summed E-state index contributed by atoms with van der Waals surface area (Å²) in [5.41, 5.74) is 3.37. The Morgan fingerprint density at radius 1 is 1.16 bits per heavy atom. The third-order valence-electron chi connectivity index (χ3n) is 3.18. The van der Waals surface area contributed by atoms with Crippen LogP contribution in [-0.2, 0) is 6.42 Å². The summed E-state index contributed by atoms with van der Waals surface area (Å²) in [6.45, 7) is 4.23. The lowest BCUT2D eigenvalue weighted by Gasteiger charge is -2.09. The number of nitrogens with zero attached hydrogens (tertiary/aromatic N) is 1. The van der Waals surface area contributed by atoms with Crippen LogP contribution in [0.3, 0.4) is 0 Å². The van der Waals surface area contributed by atoms with Gasteiger partial charge in [0.1, 0.15) is 5.82 Å². The Hall–Kier alpha value is -2.14. The maximum atomic E-state index is 14.1. The molecular weight excluding hydrogens is 237 g/mol. The summed E-state index contributed by atoms with van der Waals surface area (Å²) < 4.78 is 14.1. The van der Waals surface area contributed by atoms with E-state index in [4.69, 9.17) is 5.26 Å². The van der Waals surface area contributed by atoms with E-state index in [9.17, 15) is 4.39 Å². The molecule has 1 nitrogen and oxygen atoms in total. The zero-order chi connectivity index (χ0) is 13.8. The fourth-order valence-electron chi connectivity index (χ4n) is 2.06. The molecule has 0 aliphatic carbocycles. The maximum absolute atomic E-state index is 14.1. The van der Waals surface area contributed by atoms with Gasteiger partial charge in [-0.25, -0.2) is 4.39 Å². The van der Waals surface area contributed by atoms with Crippen molar-refractivity contribution in [2.45, 2.75) is 26.2 Å². The molecular formula is C17H16FN. The van der Waals surface area contributed by atoms with E-state index in [1.54, 1.807) is 6.07 Å². The van der Waals surface area contributed by atoms with Crippen molar-refractivity contribution in [1.29, 1.82) is 5.26 Å². The Labute approximate surface area is 113 Å². The zero-order valence-electron chi connectivity index (χ0n) is 11.2. The molecule has 0 aliphatic rings. The zero-order valence-corrected chi connectivity index (χ0v) is 11.2. The van der Waals surface area contributed by atoms with Gasteiger partial charge in [-0.2, -0.15) is 5.26 Å². The van der Waals surface area contributed by atoms with Crippen LogP contribution in [-0.4, -0.2) is 0 Å². The fourth-order valence-corrected chi connectivity index (χ4v) is 2.06. The predicted octanol–water partition coefficient (Wildman–Crippen LogP) is 4.68. The van der Waals surface area contributed by atoms with Crippen molar-refractivity contribution in [2.75, 3.05) is 0 Å². The summed E-state index contributed by atoms with van der Waals surface area (Å²) in [5, 5.41) is 8.62. The van der Waals surface area contributed by atoms with E-state index in [0.29, 0.717) is 17.0 Å². The van der Waals surface area contributed by atoms with Gasteiger partial charge in [-0.3, -0.25) is 0 Å². The lowest BCUT2D eigenvalue weighted by atomic mass is 9.96. The highest BCUT2D eigenvalue weighted by atomic mass is 19.1. The van der Waals surface area contributed by atoms with Crippen LogP contribution in [0.25, 0.3) is 11.1 Å². The first-order chi connectivity index (χ1) is 9.11.